The fraction of sp³-hybridized carbons (Fsp3) is 0.167. The van der Waals surface area contributed by atoms with Crippen LogP contribution < -0.4 is 4.74 Å². The molecule has 0 aromatic carbocycles. The number of aliphatic imine (C=N–C) groups is 1. The Bertz CT molecular complexity index is 338. The summed E-state index contributed by atoms with van der Waals surface area (Å²) in [6.45, 7) is 0. The van der Waals surface area contributed by atoms with Gasteiger partial charge in [0.1, 0.15) is 5.15 Å². The molecule has 1 aromatic heterocycles. The van der Waals surface area contributed by atoms with E-state index in [1.165, 1.54) is 13.2 Å². The van der Waals surface area contributed by atoms with Crippen molar-refractivity contribution in [1.29, 1.82) is 0 Å². The lowest BCUT2D eigenvalue weighted by Crippen LogP contribution is -1.89. The highest BCUT2D eigenvalue weighted by molar-refractivity contribution is 7.78. The maximum absolute atomic E-state index is 5.61. The minimum Gasteiger partial charge on any atom is -0.481 e. The van der Waals surface area contributed by atoms with Crippen LogP contribution >= 0.6 is 23.8 Å². The van der Waals surface area contributed by atoms with Crippen molar-refractivity contribution in [3.8, 4) is 5.88 Å². The lowest BCUT2D eigenvalue weighted by atomic mass is 10.6. The molecule has 0 aliphatic heterocycles. The van der Waals surface area contributed by atoms with Gasteiger partial charge >= 0.3 is 0 Å². The van der Waals surface area contributed by atoms with Crippen LogP contribution in [0.3, 0.4) is 0 Å². The Morgan fingerprint density at radius 3 is 3.00 bits per heavy atom. The van der Waals surface area contributed by atoms with Gasteiger partial charge in [-0.3, -0.25) is 0 Å². The summed E-state index contributed by atoms with van der Waals surface area (Å²) in [5.41, 5.74) is 0. The third-order valence-electron chi connectivity index (χ3n) is 1.01. The fourth-order valence-electron chi connectivity index (χ4n) is 0.581. The molecule has 12 heavy (non-hydrogen) atoms. The van der Waals surface area contributed by atoms with Crippen molar-refractivity contribution < 1.29 is 4.74 Å². The minimum atomic E-state index is 0.148. The highest BCUT2D eigenvalue weighted by Crippen LogP contribution is 2.16. The molecule has 1 rings (SSSR count). The van der Waals surface area contributed by atoms with Gasteiger partial charge in [0.2, 0.25) is 5.88 Å². The summed E-state index contributed by atoms with van der Waals surface area (Å²) in [6.07, 6.45) is 0. The van der Waals surface area contributed by atoms with Gasteiger partial charge < -0.3 is 4.74 Å². The van der Waals surface area contributed by atoms with Gasteiger partial charge in [0.05, 0.1) is 12.3 Å². The van der Waals surface area contributed by atoms with Crippen LogP contribution in [0.25, 0.3) is 0 Å². The maximum atomic E-state index is 5.61. The molecule has 0 radical (unpaired) electrons. The van der Waals surface area contributed by atoms with Gasteiger partial charge in [-0.05, 0) is 12.2 Å². The number of thiocarbonyl (C=S) groups is 1. The third kappa shape index (κ3) is 2.23. The van der Waals surface area contributed by atoms with Crippen molar-refractivity contribution in [3.05, 3.63) is 11.2 Å². The second kappa shape index (κ2) is 4.11. The van der Waals surface area contributed by atoms with Gasteiger partial charge in [-0.2, -0.15) is 15.0 Å². The smallest absolute Gasteiger partial charge is 0.263 e. The van der Waals surface area contributed by atoms with Crippen molar-refractivity contribution in [3.63, 3.8) is 0 Å². The number of hydrogen-bond donors (Lipinski definition) is 0. The molecule has 62 valence electrons. The zero-order chi connectivity index (χ0) is 8.97. The highest BCUT2D eigenvalue weighted by atomic mass is 35.5. The van der Waals surface area contributed by atoms with E-state index in [9.17, 15) is 0 Å². The van der Waals surface area contributed by atoms with E-state index in [0.29, 0.717) is 5.88 Å². The predicted molar refractivity (Wildman–Crippen MR) is 48.3 cm³/mol. The van der Waals surface area contributed by atoms with Gasteiger partial charge in [0, 0.05) is 6.07 Å². The van der Waals surface area contributed by atoms with Crippen molar-refractivity contribution in [2.75, 3.05) is 7.11 Å². The molecule has 1 heterocycles. The zero-order valence-electron chi connectivity index (χ0n) is 6.11. The molecule has 0 unspecified atom stereocenters. The summed E-state index contributed by atoms with van der Waals surface area (Å²) in [7, 11) is 1.48. The Morgan fingerprint density at radius 2 is 2.42 bits per heavy atom. The third-order valence-corrected chi connectivity index (χ3v) is 1.30. The Hall–Kier alpha value is -1.03. The first kappa shape index (κ1) is 9.06. The number of aromatic nitrogens is 2. The summed E-state index contributed by atoms with van der Waals surface area (Å²) in [6, 6.07) is 1.48. The molecule has 6 heteroatoms. The first-order valence-corrected chi connectivity index (χ1v) is 3.71. The molecule has 4 nitrogen and oxygen atoms in total. The molecule has 0 saturated carbocycles. The number of ether oxygens (including phenoxy) is 1. The largest absolute Gasteiger partial charge is 0.481 e. The van der Waals surface area contributed by atoms with Crippen molar-refractivity contribution >= 4 is 34.9 Å². The molecule has 0 N–H and O–H groups in total. The Labute approximate surface area is 79.3 Å². The van der Waals surface area contributed by atoms with Crippen LogP contribution in [-0.4, -0.2) is 22.2 Å². The summed E-state index contributed by atoms with van der Waals surface area (Å²) in [5.74, 6) is 0.494. The first-order chi connectivity index (χ1) is 5.76. The summed E-state index contributed by atoms with van der Waals surface area (Å²) in [4.78, 5) is 11.1. The second-order valence-corrected chi connectivity index (χ2v) is 2.31. The van der Waals surface area contributed by atoms with Crippen LogP contribution in [0.1, 0.15) is 0 Å². The molecular formula is C6H4ClN3OS. The maximum Gasteiger partial charge on any atom is 0.263 e. The van der Waals surface area contributed by atoms with E-state index in [-0.39, 0.29) is 11.1 Å². The van der Waals surface area contributed by atoms with Gasteiger partial charge in [-0.25, -0.2) is 0 Å². The van der Waals surface area contributed by atoms with Crippen LogP contribution in [0.4, 0.5) is 5.95 Å². The quantitative estimate of drug-likeness (QED) is 0.416. The van der Waals surface area contributed by atoms with E-state index < -0.39 is 0 Å². The lowest BCUT2D eigenvalue weighted by molar-refractivity contribution is 0.397. The van der Waals surface area contributed by atoms with E-state index in [2.05, 4.69) is 32.3 Å². The van der Waals surface area contributed by atoms with E-state index in [1.807, 2.05) is 0 Å². The molecule has 0 saturated heterocycles. The molecule has 0 bridgehead atoms. The lowest BCUT2D eigenvalue weighted by Gasteiger charge is -1.97. The summed E-state index contributed by atoms with van der Waals surface area (Å²) in [5, 5.41) is 2.39. The number of rotatable bonds is 2. The van der Waals surface area contributed by atoms with Crippen LogP contribution in [-0.2, 0) is 0 Å². The summed E-state index contributed by atoms with van der Waals surface area (Å²) < 4.78 is 4.82. The van der Waals surface area contributed by atoms with Crippen LogP contribution in [0, 0.1) is 0 Å². The van der Waals surface area contributed by atoms with Crippen molar-refractivity contribution in [2.45, 2.75) is 0 Å². The molecule has 0 amide bonds. The molecule has 0 fully saturated rings. The predicted octanol–water partition coefficient (Wildman–Crippen LogP) is 1.87. The molecule has 0 aliphatic carbocycles. The van der Waals surface area contributed by atoms with E-state index in [4.69, 9.17) is 16.3 Å². The molecular weight excluding hydrogens is 198 g/mol. The van der Waals surface area contributed by atoms with E-state index in [1.54, 1.807) is 0 Å². The van der Waals surface area contributed by atoms with Gasteiger partial charge in [-0.15, -0.1) is 0 Å². The van der Waals surface area contributed by atoms with Crippen LogP contribution in [0.5, 0.6) is 5.88 Å². The second-order valence-electron chi connectivity index (χ2n) is 1.74. The van der Waals surface area contributed by atoms with Gasteiger partial charge in [0.25, 0.3) is 5.95 Å². The van der Waals surface area contributed by atoms with Gasteiger partial charge in [0.15, 0.2) is 0 Å². The van der Waals surface area contributed by atoms with Crippen molar-refractivity contribution in [2.24, 2.45) is 4.99 Å². The number of hydrogen-bond acceptors (Lipinski definition) is 5. The SMILES string of the molecule is COc1cc(Cl)nc(N=C=S)n1. The average Bonchev–Trinajstić information content (AvgIpc) is 2.04. The standard InChI is InChI=1S/C6H4ClN3OS/c1-11-5-2-4(7)9-6(10-5)8-3-12/h2H,1H3. The number of isothiocyanates is 1. The molecule has 0 atom stereocenters. The Kier molecular flexibility index (Phi) is 3.10. The Balaban J connectivity index is 3.14. The monoisotopic (exact) mass is 201 g/mol. The molecule has 0 aliphatic rings. The average molecular weight is 202 g/mol. The Morgan fingerprint density at radius 1 is 1.67 bits per heavy atom. The first-order valence-electron chi connectivity index (χ1n) is 2.92. The number of methoxy groups -OCH3 is 1. The van der Waals surface area contributed by atoms with Crippen LogP contribution in [0.2, 0.25) is 5.15 Å². The minimum absolute atomic E-state index is 0.148. The highest BCUT2D eigenvalue weighted by Gasteiger charge is 2.00. The topological polar surface area (TPSA) is 47.4 Å². The van der Waals surface area contributed by atoms with Gasteiger partial charge in [-0.1, -0.05) is 11.6 Å². The number of nitrogens with zero attached hydrogens (tertiary/aromatic N) is 3. The molecule has 1 aromatic rings. The molecule has 0 spiro atoms. The van der Waals surface area contributed by atoms with Crippen molar-refractivity contribution in [1.82, 2.24) is 9.97 Å². The number of halogens is 1. The van der Waals surface area contributed by atoms with E-state index in [0.717, 1.165) is 0 Å². The normalized spacial score (nSPS) is 8.83. The van der Waals surface area contributed by atoms with E-state index >= 15 is 0 Å². The summed E-state index contributed by atoms with van der Waals surface area (Å²) >= 11 is 9.99. The van der Waals surface area contributed by atoms with Crippen LogP contribution in [0.15, 0.2) is 11.1 Å². The fourth-order valence-corrected chi connectivity index (χ4v) is 0.832. The zero-order valence-corrected chi connectivity index (χ0v) is 7.69.